The van der Waals surface area contributed by atoms with Gasteiger partial charge in [-0.25, -0.2) is 0 Å². The molecule has 30 heavy (non-hydrogen) atoms. The maximum atomic E-state index is 12.3. The van der Waals surface area contributed by atoms with Crippen molar-refractivity contribution < 1.29 is 14.3 Å². The number of rotatable bonds is 8. The first-order valence-corrected chi connectivity index (χ1v) is 9.60. The molecule has 0 radical (unpaired) electrons. The molecular weight excluding hydrogens is 495 g/mol. The molecule has 1 atom stereocenters. The largest absolute Gasteiger partial charge is 0.493 e. The minimum atomic E-state index is -0.0611. The summed E-state index contributed by atoms with van der Waals surface area (Å²) in [5.41, 5.74) is 2.45. The summed E-state index contributed by atoms with van der Waals surface area (Å²) in [4.78, 5) is 16.6. The molecule has 1 amide bonds. The summed E-state index contributed by atoms with van der Waals surface area (Å²) < 4.78 is 10.6. The van der Waals surface area contributed by atoms with E-state index in [0.29, 0.717) is 29.6 Å². The molecule has 0 aliphatic heterocycles. The Hall–Kier alpha value is -2.49. The van der Waals surface area contributed by atoms with Gasteiger partial charge in [-0.15, -0.1) is 24.0 Å². The summed E-state index contributed by atoms with van der Waals surface area (Å²) in [6, 6.07) is 13.2. The van der Waals surface area contributed by atoms with Crippen LogP contribution in [0.1, 0.15) is 36.2 Å². The predicted molar refractivity (Wildman–Crippen MR) is 132 cm³/mol. The molecule has 1 unspecified atom stereocenters. The number of hydrogen-bond acceptors (Lipinski definition) is 4. The maximum absolute atomic E-state index is 12.3. The van der Waals surface area contributed by atoms with E-state index in [1.807, 2.05) is 56.3 Å². The Labute approximate surface area is 195 Å². The van der Waals surface area contributed by atoms with Gasteiger partial charge in [0.25, 0.3) is 5.91 Å². The second-order valence-corrected chi connectivity index (χ2v) is 6.60. The quantitative estimate of drug-likeness (QED) is 0.275. The predicted octanol–water partition coefficient (Wildman–Crippen LogP) is 4.04. The van der Waals surface area contributed by atoms with Crippen molar-refractivity contribution in [1.82, 2.24) is 10.6 Å². The molecule has 2 aromatic carbocycles. The summed E-state index contributed by atoms with van der Waals surface area (Å²) >= 11 is 0. The second kappa shape index (κ2) is 12.9. The lowest BCUT2D eigenvalue weighted by Gasteiger charge is -2.15. The highest BCUT2D eigenvalue weighted by Gasteiger charge is 2.10. The third-order valence-electron chi connectivity index (χ3n) is 4.51. The highest BCUT2D eigenvalue weighted by atomic mass is 127. The summed E-state index contributed by atoms with van der Waals surface area (Å²) in [6.07, 6.45) is 0.894. The fourth-order valence-corrected chi connectivity index (χ4v) is 2.65. The van der Waals surface area contributed by atoms with Gasteiger partial charge in [-0.3, -0.25) is 9.79 Å². The van der Waals surface area contributed by atoms with Gasteiger partial charge in [0, 0.05) is 37.0 Å². The van der Waals surface area contributed by atoms with Crippen molar-refractivity contribution in [1.29, 1.82) is 0 Å². The number of nitrogens with one attached hydrogen (secondary N) is 3. The monoisotopic (exact) mass is 526 g/mol. The highest BCUT2D eigenvalue weighted by Crippen LogP contribution is 2.29. The maximum Gasteiger partial charge on any atom is 0.251 e. The fraction of sp³-hybridized carbons (Fsp3) is 0.364. The molecule has 2 aromatic rings. The van der Waals surface area contributed by atoms with Crippen LogP contribution >= 0.6 is 24.0 Å². The Kier molecular flexibility index (Phi) is 11.0. The van der Waals surface area contributed by atoms with Crippen LogP contribution in [-0.4, -0.2) is 39.2 Å². The highest BCUT2D eigenvalue weighted by molar-refractivity contribution is 14.0. The Morgan fingerprint density at radius 1 is 1.10 bits per heavy atom. The summed E-state index contributed by atoms with van der Waals surface area (Å²) in [5, 5.41) is 9.46. The van der Waals surface area contributed by atoms with Gasteiger partial charge < -0.3 is 25.4 Å². The number of guanidine groups is 1. The Morgan fingerprint density at radius 2 is 1.83 bits per heavy atom. The third kappa shape index (κ3) is 7.40. The fourth-order valence-electron chi connectivity index (χ4n) is 2.65. The van der Waals surface area contributed by atoms with E-state index in [0.717, 1.165) is 17.7 Å². The summed E-state index contributed by atoms with van der Waals surface area (Å²) in [5.74, 6) is 1.84. The van der Waals surface area contributed by atoms with Gasteiger partial charge in [0.15, 0.2) is 17.5 Å². The van der Waals surface area contributed by atoms with Crippen LogP contribution in [0.25, 0.3) is 0 Å². The number of benzene rings is 2. The Bertz CT molecular complexity index is 858. The zero-order chi connectivity index (χ0) is 21.2. The number of anilines is 1. The minimum Gasteiger partial charge on any atom is -0.493 e. The average Bonchev–Trinajstić information content (AvgIpc) is 2.76. The average molecular weight is 526 g/mol. The molecule has 0 aliphatic carbocycles. The normalized spacial score (nSPS) is 11.7. The van der Waals surface area contributed by atoms with Crippen molar-refractivity contribution in [2.24, 2.45) is 4.99 Å². The van der Waals surface area contributed by atoms with Crippen LogP contribution in [0.15, 0.2) is 47.5 Å². The van der Waals surface area contributed by atoms with Crippen molar-refractivity contribution in [3.8, 4) is 11.5 Å². The molecule has 0 aliphatic rings. The molecule has 2 rings (SSSR count). The number of carbonyl (C=O) groups is 1. The molecule has 7 nitrogen and oxygen atoms in total. The van der Waals surface area contributed by atoms with E-state index in [4.69, 9.17) is 9.47 Å². The molecule has 0 heterocycles. The van der Waals surface area contributed by atoms with Crippen molar-refractivity contribution in [3.05, 3.63) is 53.6 Å². The van der Waals surface area contributed by atoms with Gasteiger partial charge in [0.05, 0.1) is 14.2 Å². The number of ether oxygens (including phenoxy) is 2. The lowest BCUT2D eigenvalue weighted by atomic mass is 10.1. The van der Waals surface area contributed by atoms with Gasteiger partial charge in [-0.05, 0) is 43.2 Å². The van der Waals surface area contributed by atoms with Crippen LogP contribution in [0.4, 0.5) is 5.69 Å². The van der Waals surface area contributed by atoms with Gasteiger partial charge in [0.1, 0.15) is 0 Å². The van der Waals surface area contributed by atoms with Crippen molar-refractivity contribution in [2.45, 2.75) is 32.9 Å². The van der Waals surface area contributed by atoms with Gasteiger partial charge in [0.2, 0.25) is 0 Å². The standard InChI is InChI=1S/C22H30N4O3.HI/c1-6-15(2)25-21(27)17-9-7-8-16(12-17)14-24-22(23-3)26-18-10-11-19(28-4)20(13-18)29-5;/h7-13,15H,6,14H2,1-5H3,(H,25,27)(H2,23,24,26);1H. The van der Waals surface area contributed by atoms with Crippen LogP contribution in [0.2, 0.25) is 0 Å². The van der Waals surface area contributed by atoms with E-state index < -0.39 is 0 Å². The van der Waals surface area contributed by atoms with Gasteiger partial charge in [-0.1, -0.05) is 19.1 Å². The number of halogens is 1. The van der Waals surface area contributed by atoms with E-state index in [1.54, 1.807) is 21.3 Å². The summed E-state index contributed by atoms with van der Waals surface area (Å²) in [6.45, 7) is 4.56. The van der Waals surface area contributed by atoms with E-state index >= 15 is 0 Å². The van der Waals surface area contributed by atoms with Gasteiger partial charge in [-0.2, -0.15) is 0 Å². The second-order valence-electron chi connectivity index (χ2n) is 6.60. The first-order valence-electron chi connectivity index (χ1n) is 9.60. The van der Waals surface area contributed by atoms with Crippen LogP contribution in [0.5, 0.6) is 11.5 Å². The molecule has 164 valence electrons. The van der Waals surface area contributed by atoms with Crippen molar-refractivity contribution in [2.75, 3.05) is 26.6 Å². The summed E-state index contributed by atoms with van der Waals surface area (Å²) in [7, 11) is 4.90. The first kappa shape index (κ1) is 25.5. The number of nitrogens with zero attached hydrogens (tertiary/aromatic N) is 1. The minimum absolute atomic E-state index is 0. The number of methoxy groups -OCH3 is 2. The molecular formula is C22H31IN4O3. The molecule has 0 spiro atoms. The number of carbonyl (C=O) groups excluding carboxylic acids is 1. The Balaban J connectivity index is 0.00000450. The molecule has 0 saturated heterocycles. The topological polar surface area (TPSA) is 84.0 Å². The van der Waals surface area contributed by atoms with E-state index in [1.165, 1.54) is 0 Å². The van der Waals surface area contributed by atoms with Crippen LogP contribution < -0.4 is 25.4 Å². The lowest BCUT2D eigenvalue weighted by molar-refractivity contribution is 0.0939. The van der Waals surface area contributed by atoms with Crippen molar-refractivity contribution >= 4 is 41.5 Å². The molecule has 0 bridgehead atoms. The van der Waals surface area contributed by atoms with Crippen LogP contribution in [0, 0.1) is 0 Å². The number of aliphatic imine (C=N–C) groups is 1. The SMILES string of the molecule is CCC(C)NC(=O)c1cccc(CNC(=NC)Nc2ccc(OC)c(OC)c2)c1.I. The first-order chi connectivity index (χ1) is 14.0. The number of hydrogen-bond donors (Lipinski definition) is 3. The zero-order valence-electron chi connectivity index (χ0n) is 18.1. The van der Waals surface area contributed by atoms with E-state index in [2.05, 4.69) is 20.9 Å². The van der Waals surface area contributed by atoms with Crippen LogP contribution in [-0.2, 0) is 6.54 Å². The van der Waals surface area contributed by atoms with Crippen molar-refractivity contribution in [3.63, 3.8) is 0 Å². The zero-order valence-corrected chi connectivity index (χ0v) is 20.4. The van der Waals surface area contributed by atoms with E-state index in [9.17, 15) is 4.79 Å². The molecule has 8 heteroatoms. The molecule has 0 fully saturated rings. The smallest absolute Gasteiger partial charge is 0.251 e. The van der Waals surface area contributed by atoms with Gasteiger partial charge >= 0.3 is 0 Å². The molecule has 0 saturated carbocycles. The Morgan fingerprint density at radius 3 is 2.47 bits per heavy atom. The lowest BCUT2D eigenvalue weighted by Crippen LogP contribution is -2.32. The van der Waals surface area contributed by atoms with Crippen LogP contribution in [0.3, 0.4) is 0 Å². The van der Waals surface area contributed by atoms with E-state index in [-0.39, 0.29) is 35.9 Å². The molecule has 3 N–H and O–H groups in total. The number of amides is 1. The third-order valence-corrected chi connectivity index (χ3v) is 4.51. The molecule has 0 aromatic heterocycles.